The first kappa shape index (κ1) is 18.2. The normalized spacial score (nSPS) is 11.5. The molecule has 0 aliphatic rings. The zero-order chi connectivity index (χ0) is 18.2. The van der Waals surface area contributed by atoms with Crippen LogP contribution in [0.25, 0.3) is 10.9 Å². The Kier molecular flexibility index (Phi) is 5.04. The SMILES string of the molecule is COc1ccc(C)cc1S(=O)(=O)Oc1c(Br)cc(Br)c2cccnc12. The van der Waals surface area contributed by atoms with Gasteiger partial charge < -0.3 is 8.92 Å². The molecule has 3 rings (SSSR count). The maximum atomic E-state index is 12.9. The summed E-state index contributed by atoms with van der Waals surface area (Å²) in [4.78, 5) is 4.23. The molecule has 1 heterocycles. The van der Waals surface area contributed by atoms with Crippen molar-refractivity contribution < 1.29 is 17.3 Å². The number of pyridine rings is 1. The summed E-state index contributed by atoms with van der Waals surface area (Å²) in [7, 11) is -2.70. The van der Waals surface area contributed by atoms with Crippen LogP contribution >= 0.6 is 31.9 Å². The van der Waals surface area contributed by atoms with Crippen LogP contribution in [0.3, 0.4) is 0 Å². The molecule has 0 aliphatic heterocycles. The summed E-state index contributed by atoms with van der Waals surface area (Å²) >= 11 is 6.80. The highest BCUT2D eigenvalue weighted by Crippen LogP contribution is 2.39. The van der Waals surface area contributed by atoms with Crippen LogP contribution in [0.2, 0.25) is 0 Å². The first-order valence-electron chi connectivity index (χ1n) is 7.15. The zero-order valence-electron chi connectivity index (χ0n) is 13.3. The van der Waals surface area contributed by atoms with Gasteiger partial charge in [0, 0.05) is 16.1 Å². The number of halogens is 2. The van der Waals surface area contributed by atoms with E-state index in [9.17, 15) is 8.42 Å². The van der Waals surface area contributed by atoms with Crippen LogP contribution in [-0.2, 0) is 10.1 Å². The predicted octanol–water partition coefficient (Wildman–Crippen LogP) is 4.84. The molecule has 0 saturated carbocycles. The van der Waals surface area contributed by atoms with Gasteiger partial charge in [0.1, 0.15) is 16.2 Å². The third-order valence-corrected chi connectivity index (χ3v) is 6.02. The van der Waals surface area contributed by atoms with E-state index in [1.54, 1.807) is 37.4 Å². The van der Waals surface area contributed by atoms with Gasteiger partial charge in [0.05, 0.1) is 11.6 Å². The molecule has 0 atom stereocenters. The molecule has 130 valence electrons. The number of fused-ring (bicyclic) bond motifs is 1. The van der Waals surface area contributed by atoms with Gasteiger partial charge in [-0.25, -0.2) is 0 Å². The van der Waals surface area contributed by atoms with Gasteiger partial charge >= 0.3 is 10.1 Å². The molecule has 0 saturated heterocycles. The summed E-state index contributed by atoms with van der Waals surface area (Å²) in [5.74, 6) is 0.346. The topological polar surface area (TPSA) is 65.5 Å². The zero-order valence-corrected chi connectivity index (χ0v) is 17.3. The monoisotopic (exact) mass is 485 g/mol. The summed E-state index contributed by atoms with van der Waals surface area (Å²) in [6.45, 7) is 1.80. The van der Waals surface area contributed by atoms with Crippen molar-refractivity contribution in [2.45, 2.75) is 11.8 Å². The van der Waals surface area contributed by atoms with Crippen molar-refractivity contribution in [1.82, 2.24) is 4.98 Å². The van der Waals surface area contributed by atoms with Crippen LogP contribution in [0.4, 0.5) is 0 Å². The molecule has 1 aromatic heterocycles. The van der Waals surface area contributed by atoms with Crippen LogP contribution in [0, 0.1) is 6.92 Å². The maximum Gasteiger partial charge on any atom is 0.343 e. The third-order valence-electron chi connectivity index (χ3n) is 3.53. The van der Waals surface area contributed by atoms with E-state index < -0.39 is 10.1 Å². The molecule has 0 unspecified atom stereocenters. The highest BCUT2D eigenvalue weighted by Gasteiger charge is 2.25. The number of benzene rings is 2. The second-order valence-electron chi connectivity index (χ2n) is 5.26. The lowest BCUT2D eigenvalue weighted by atomic mass is 10.2. The van der Waals surface area contributed by atoms with Gasteiger partial charge in [-0.05, 0) is 52.7 Å². The second-order valence-corrected chi connectivity index (χ2v) is 8.48. The number of rotatable bonds is 4. The van der Waals surface area contributed by atoms with E-state index in [4.69, 9.17) is 8.92 Å². The lowest BCUT2D eigenvalue weighted by molar-refractivity contribution is 0.398. The van der Waals surface area contributed by atoms with Crippen molar-refractivity contribution in [1.29, 1.82) is 0 Å². The minimum atomic E-state index is -4.12. The maximum absolute atomic E-state index is 12.9. The number of aryl methyl sites for hydroxylation is 1. The molecule has 0 spiro atoms. The third kappa shape index (κ3) is 3.51. The second kappa shape index (κ2) is 6.93. The largest absolute Gasteiger partial charge is 0.495 e. The molecule has 0 fully saturated rings. The van der Waals surface area contributed by atoms with Crippen molar-refractivity contribution >= 4 is 52.9 Å². The van der Waals surface area contributed by atoms with Crippen molar-refractivity contribution in [3.05, 3.63) is 57.1 Å². The number of hydrogen-bond donors (Lipinski definition) is 0. The quantitative estimate of drug-likeness (QED) is 0.493. The molecule has 0 bridgehead atoms. The summed E-state index contributed by atoms with van der Waals surface area (Å²) in [6, 6.07) is 10.2. The minimum Gasteiger partial charge on any atom is -0.495 e. The first-order valence-corrected chi connectivity index (χ1v) is 10.1. The van der Waals surface area contributed by atoms with Gasteiger partial charge in [-0.15, -0.1) is 0 Å². The van der Waals surface area contributed by atoms with E-state index in [1.165, 1.54) is 13.2 Å². The number of methoxy groups -OCH3 is 1. The Bertz CT molecular complexity index is 1070. The molecule has 3 aromatic rings. The van der Waals surface area contributed by atoms with E-state index in [-0.39, 0.29) is 16.4 Å². The van der Waals surface area contributed by atoms with Gasteiger partial charge in [0.25, 0.3) is 0 Å². The molecule has 5 nitrogen and oxygen atoms in total. The van der Waals surface area contributed by atoms with E-state index in [0.717, 1.165) is 15.4 Å². The smallest absolute Gasteiger partial charge is 0.343 e. The van der Waals surface area contributed by atoms with Crippen LogP contribution in [-0.4, -0.2) is 20.5 Å². The average molecular weight is 487 g/mol. The molecule has 0 aliphatic carbocycles. The van der Waals surface area contributed by atoms with Crippen molar-refractivity contribution in [2.24, 2.45) is 0 Å². The van der Waals surface area contributed by atoms with E-state index >= 15 is 0 Å². The van der Waals surface area contributed by atoms with E-state index in [2.05, 4.69) is 36.8 Å². The Balaban J connectivity index is 2.18. The lowest BCUT2D eigenvalue weighted by Crippen LogP contribution is -2.12. The van der Waals surface area contributed by atoms with Crippen LogP contribution < -0.4 is 8.92 Å². The van der Waals surface area contributed by atoms with Gasteiger partial charge in [-0.1, -0.05) is 28.1 Å². The van der Waals surface area contributed by atoms with Crippen molar-refractivity contribution in [2.75, 3.05) is 7.11 Å². The lowest BCUT2D eigenvalue weighted by Gasteiger charge is -2.14. The standard InChI is InChI=1S/C17H13Br2NO4S/c1-10-5-6-14(23-2)15(8-10)25(21,22)24-17-13(19)9-12(18)11-4-3-7-20-16(11)17/h3-9H,1-2H3. The highest BCUT2D eigenvalue weighted by molar-refractivity contribution is 9.11. The van der Waals surface area contributed by atoms with Gasteiger partial charge in [0.2, 0.25) is 0 Å². The highest BCUT2D eigenvalue weighted by atomic mass is 79.9. The van der Waals surface area contributed by atoms with Gasteiger partial charge in [0.15, 0.2) is 5.75 Å². The Hall–Kier alpha value is -1.64. The molecular formula is C17H13Br2NO4S. The number of nitrogens with zero attached hydrogens (tertiary/aromatic N) is 1. The number of aromatic nitrogens is 1. The van der Waals surface area contributed by atoms with E-state index in [0.29, 0.717) is 9.99 Å². The molecule has 25 heavy (non-hydrogen) atoms. The fourth-order valence-electron chi connectivity index (χ4n) is 2.36. The Morgan fingerprint density at radius 1 is 1.08 bits per heavy atom. The van der Waals surface area contributed by atoms with Crippen molar-refractivity contribution in [3.8, 4) is 11.5 Å². The van der Waals surface area contributed by atoms with E-state index in [1.807, 2.05) is 6.07 Å². The fourth-order valence-corrected chi connectivity index (χ4v) is 5.03. The van der Waals surface area contributed by atoms with Crippen LogP contribution in [0.5, 0.6) is 11.5 Å². The van der Waals surface area contributed by atoms with Gasteiger partial charge in [-0.3, -0.25) is 4.98 Å². The minimum absolute atomic E-state index is 0.0334. The summed E-state index contributed by atoms with van der Waals surface area (Å²) < 4.78 is 37.6. The van der Waals surface area contributed by atoms with Gasteiger partial charge in [-0.2, -0.15) is 8.42 Å². The fraction of sp³-hybridized carbons (Fsp3) is 0.118. The summed E-state index contributed by atoms with van der Waals surface area (Å²) in [6.07, 6.45) is 1.58. The summed E-state index contributed by atoms with van der Waals surface area (Å²) in [5, 5.41) is 0.743. The molecule has 0 radical (unpaired) electrons. The van der Waals surface area contributed by atoms with Crippen LogP contribution in [0.15, 0.2) is 56.4 Å². The molecular weight excluding hydrogens is 474 g/mol. The molecule has 2 aromatic carbocycles. The molecule has 0 amide bonds. The number of ether oxygens (including phenoxy) is 1. The average Bonchev–Trinajstić information content (AvgIpc) is 2.58. The van der Waals surface area contributed by atoms with Crippen LogP contribution in [0.1, 0.15) is 5.56 Å². The Labute approximate surface area is 162 Å². The molecule has 8 heteroatoms. The summed E-state index contributed by atoms with van der Waals surface area (Å²) in [5.41, 5.74) is 1.21. The first-order chi connectivity index (χ1) is 11.8. The Morgan fingerprint density at radius 3 is 2.56 bits per heavy atom. The predicted molar refractivity (Wildman–Crippen MR) is 103 cm³/mol. The molecule has 0 N–H and O–H groups in total. The number of hydrogen-bond acceptors (Lipinski definition) is 5. The Morgan fingerprint density at radius 2 is 1.84 bits per heavy atom. The van der Waals surface area contributed by atoms with Crippen molar-refractivity contribution in [3.63, 3.8) is 0 Å².